The molecule has 0 aromatic heterocycles. The van der Waals surface area contributed by atoms with Crippen LogP contribution < -0.4 is 5.32 Å². The van der Waals surface area contributed by atoms with Crippen LogP contribution in [0.5, 0.6) is 0 Å². The van der Waals surface area contributed by atoms with Gasteiger partial charge in [0.1, 0.15) is 5.54 Å². The third-order valence-corrected chi connectivity index (χ3v) is 3.87. The molecular formula is C15H30N2O3. The first-order valence-corrected chi connectivity index (χ1v) is 7.69. The Balaban J connectivity index is 2.54. The molecule has 1 heterocycles. The molecule has 1 aliphatic heterocycles. The van der Waals surface area contributed by atoms with Gasteiger partial charge in [0.25, 0.3) is 0 Å². The van der Waals surface area contributed by atoms with Crippen LogP contribution >= 0.6 is 0 Å². The second kappa shape index (κ2) is 8.60. The summed E-state index contributed by atoms with van der Waals surface area (Å²) >= 11 is 0. The molecule has 118 valence electrons. The smallest absolute Gasteiger partial charge is 0.325 e. The van der Waals surface area contributed by atoms with Gasteiger partial charge in [-0.15, -0.1) is 0 Å². The van der Waals surface area contributed by atoms with Crippen LogP contribution in [0.4, 0.5) is 0 Å². The average Bonchev–Trinajstić information content (AvgIpc) is 2.66. The van der Waals surface area contributed by atoms with Gasteiger partial charge in [0.05, 0.1) is 13.2 Å². The zero-order valence-electron chi connectivity index (χ0n) is 13.4. The number of ether oxygens (including phenoxy) is 2. The van der Waals surface area contributed by atoms with Gasteiger partial charge in [-0.2, -0.15) is 0 Å². The Bertz CT molecular complexity index is 299. The van der Waals surface area contributed by atoms with Crippen LogP contribution in [0.3, 0.4) is 0 Å². The Kier molecular flexibility index (Phi) is 7.48. The number of methoxy groups -OCH3 is 1. The molecule has 1 saturated heterocycles. The second-order valence-corrected chi connectivity index (χ2v) is 5.84. The van der Waals surface area contributed by atoms with Gasteiger partial charge >= 0.3 is 5.97 Å². The van der Waals surface area contributed by atoms with Crippen molar-refractivity contribution in [1.29, 1.82) is 0 Å². The van der Waals surface area contributed by atoms with Gasteiger partial charge in [0, 0.05) is 26.2 Å². The molecular weight excluding hydrogens is 256 g/mol. The summed E-state index contributed by atoms with van der Waals surface area (Å²) in [4.78, 5) is 14.4. The first-order valence-electron chi connectivity index (χ1n) is 7.69. The number of carbonyl (C=O) groups excluding carboxylic acids is 1. The van der Waals surface area contributed by atoms with Crippen molar-refractivity contribution < 1.29 is 14.3 Å². The van der Waals surface area contributed by atoms with E-state index in [4.69, 9.17) is 9.47 Å². The molecule has 1 rings (SSSR count). The molecule has 1 fully saturated rings. The molecule has 5 nitrogen and oxygen atoms in total. The molecule has 2 unspecified atom stereocenters. The molecule has 0 spiro atoms. The fraction of sp³-hybridized carbons (Fsp3) is 0.933. The lowest BCUT2D eigenvalue weighted by Gasteiger charge is -2.31. The molecule has 1 N–H and O–H groups in total. The van der Waals surface area contributed by atoms with E-state index >= 15 is 0 Å². The molecule has 0 amide bonds. The third-order valence-electron chi connectivity index (χ3n) is 3.87. The lowest BCUT2D eigenvalue weighted by Crippen LogP contribution is -2.52. The van der Waals surface area contributed by atoms with Crippen molar-refractivity contribution in [2.24, 2.45) is 0 Å². The van der Waals surface area contributed by atoms with Crippen molar-refractivity contribution in [3.05, 3.63) is 0 Å². The van der Waals surface area contributed by atoms with Crippen molar-refractivity contribution in [1.82, 2.24) is 10.2 Å². The van der Waals surface area contributed by atoms with Crippen molar-refractivity contribution in [2.45, 2.75) is 51.7 Å². The van der Waals surface area contributed by atoms with E-state index in [2.05, 4.69) is 24.1 Å². The monoisotopic (exact) mass is 286 g/mol. The van der Waals surface area contributed by atoms with E-state index in [-0.39, 0.29) is 12.1 Å². The number of esters is 1. The predicted octanol–water partition coefficient (Wildman–Crippen LogP) is 1.42. The Morgan fingerprint density at radius 2 is 2.30 bits per heavy atom. The van der Waals surface area contributed by atoms with Crippen LogP contribution in [-0.4, -0.2) is 62.4 Å². The molecule has 0 aromatic rings. The fourth-order valence-electron chi connectivity index (χ4n) is 2.55. The van der Waals surface area contributed by atoms with E-state index < -0.39 is 5.54 Å². The minimum atomic E-state index is -0.596. The standard InChI is InChI=1S/C15H30N2O3/c1-5-8-16-15(3,14(18)19-4)7-10-17-9-6-11-20-13(2)12-17/h13,16H,5-12H2,1-4H3. The van der Waals surface area contributed by atoms with Crippen LogP contribution in [0.1, 0.15) is 40.0 Å². The van der Waals surface area contributed by atoms with Crippen LogP contribution in [0, 0.1) is 0 Å². The van der Waals surface area contributed by atoms with Gasteiger partial charge in [-0.05, 0) is 39.7 Å². The summed E-state index contributed by atoms with van der Waals surface area (Å²) in [5, 5.41) is 3.33. The molecule has 0 aliphatic carbocycles. The van der Waals surface area contributed by atoms with E-state index in [0.29, 0.717) is 0 Å². The fourth-order valence-corrected chi connectivity index (χ4v) is 2.55. The van der Waals surface area contributed by atoms with Gasteiger partial charge in [0.15, 0.2) is 0 Å². The lowest BCUT2D eigenvalue weighted by atomic mass is 9.97. The predicted molar refractivity (Wildman–Crippen MR) is 79.8 cm³/mol. The summed E-state index contributed by atoms with van der Waals surface area (Å²) in [7, 11) is 1.45. The Morgan fingerprint density at radius 1 is 1.55 bits per heavy atom. The number of rotatable bonds is 7. The summed E-state index contributed by atoms with van der Waals surface area (Å²) < 4.78 is 10.6. The molecule has 20 heavy (non-hydrogen) atoms. The molecule has 1 aliphatic rings. The number of nitrogens with one attached hydrogen (secondary N) is 1. The lowest BCUT2D eigenvalue weighted by molar-refractivity contribution is -0.148. The van der Waals surface area contributed by atoms with Crippen molar-refractivity contribution >= 4 is 5.97 Å². The molecule has 2 atom stereocenters. The first kappa shape index (κ1) is 17.4. The normalized spacial score (nSPS) is 23.9. The van der Waals surface area contributed by atoms with E-state index in [9.17, 15) is 4.79 Å². The van der Waals surface area contributed by atoms with Crippen LogP contribution in [-0.2, 0) is 14.3 Å². The SMILES string of the molecule is CCCNC(C)(CCN1CCCOC(C)C1)C(=O)OC. The van der Waals surface area contributed by atoms with Gasteiger partial charge in [-0.3, -0.25) is 4.79 Å². The molecule has 0 radical (unpaired) electrons. The van der Waals surface area contributed by atoms with Crippen LogP contribution in [0.25, 0.3) is 0 Å². The average molecular weight is 286 g/mol. The van der Waals surface area contributed by atoms with Crippen molar-refractivity contribution in [3.63, 3.8) is 0 Å². The zero-order valence-corrected chi connectivity index (χ0v) is 13.4. The number of hydrogen-bond acceptors (Lipinski definition) is 5. The topological polar surface area (TPSA) is 50.8 Å². The Hall–Kier alpha value is -0.650. The largest absolute Gasteiger partial charge is 0.468 e. The number of nitrogens with zero attached hydrogens (tertiary/aromatic N) is 1. The second-order valence-electron chi connectivity index (χ2n) is 5.84. The molecule has 0 aromatic carbocycles. The van der Waals surface area contributed by atoms with Gasteiger partial charge in [0.2, 0.25) is 0 Å². The first-order chi connectivity index (χ1) is 9.51. The van der Waals surface area contributed by atoms with E-state index in [1.54, 1.807) is 0 Å². The maximum Gasteiger partial charge on any atom is 0.325 e. The number of carbonyl (C=O) groups is 1. The van der Waals surface area contributed by atoms with E-state index in [1.807, 2.05) is 6.92 Å². The highest BCUT2D eigenvalue weighted by molar-refractivity contribution is 5.80. The summed E-state index contributed by atoms with van der Waals surface area (Å²) in [5.74, 6) is -0.176. The Morgan fingerprint density at radius 3 is 2.95 bits per heavy atom. The minimum absolute atomic E-state index is 0.176. The summed E-state index contributed by atoms with van der Waals surface area (Å²) in [6.45, 7) is 10.7. The van der Waals surface area contributed by atoms with Gasteiger partial charge in [-0.25, -0.2) is 0 Å². The quantitative estimate of drug-likeness (QED) is 0.717. The third kappa shape index (κ3) is 5.38. The molecule has 5 heteroatoms. The maximum atomic E-state index is 12.0. The number of hydrogen-bond donors (Lipinski definition) is 1. The van der Waals surface area contributed by atoms with Gasteiger partial charge < -0.3 is 19.7 Å². The summed E-state index contributed by atoms with van der Waals surface area (Å²) in [6.07, 6.45) is 3.08. The zero-order chi connectivity index (χ0) is 15.0. The van der Waals surface area contributed by atoms with Crippen LogP contribution in [0.15, 0.2) is 0 Å². The van der Waals surface area contributed by atoms with Crippen LogP contribution in [0.2, 0.25) is 0 Å². The highest BCUT2D eigenvalue weighted by Crippen LogP contribution is 2.15. The van der Waals surface area contributed by atoms with E-state index in [0.717, 1.165) is 52.0 Å². The highest BCUT2D eigenvalue weighted by Gasteiger charge is 2.34. The van der Waals surface area contributed by atoms with Crippen molar-refractivity contribution in [2.75, 3.05) is 39.9 Å². The van der Waals surface area contributed by atoms with Crippen molar-refractivity contribution in [3.8, 4) is 0 Å². The summed E-state index contributed by atoms with van der Waals surface area (Å²) in [6, 6.07) is 0. The molecule has 0 saturated carbocycles. The molecule has 0 bridgehead atoms. The Labute approximate surface area is 123 Å². The van der Waals surface area contributed by atoms with Gasteiger partial charge in [-0.1, -0.05) is 6.92 Å². The summed E-state index contributed by atoms with van der Waals surface area (Å²) in [5.41, 5.74) is -0.596. The highest BCUT2D eigenvalue weighted by atomic mass is 16.5. The van der Waals surface area contributed by atoms with E-state index in [1.165, 1.54) is 7.11 Å². The maximum absolute atomic E-state index is 12.0. The minimum Gasteiger partial charge on any atom is -0.468 e.